The lowest BCUT2D eigenvalue weighted by atomic mass is 10.2. The lowest BCUT2D eigenvalue weighted by molar-refractivity contribution is -0.131. The average molecular weight is 383 g/mol. The number of rotatable bonds is 9. The van der Waals surface area contributed by atoms with Gasteiger partial charge in [0.15, 0.2) is 6.61 Å². The first kappa shape index (κ1) is 21.0. The zero-order chi connectivity index (χ0) is 20.2. The third-order valence-electron chi connectivity index (χ3n) is 3.95. The molecule has 148 valence electrons. The van der Waals surface area contributed by atoms with Crippen LogP contribution in [0.2, 0.25) is 0 Å². The number of carbonyl (C=O) groups excluding carboxylic acids is 3. The van der Waals surface area contributed by atoms with Gasteiger partial charge in [0.1, 0.15) is 5.75 Å². The van der Waals surface area contributed by atoms with Gasteiger partial charge in [0.05, 0.1) is 0 Å². The van der Waals surface area contributed by atoms with Crippen LogP contribution in [0.15, 0.2) is 54.6 Å². The molecule has 0 saturated heterocycles. The normalized spacial score (nSPS) is 10.0. The number of hydrogen-bond acceptors (Lipinski definition) is 4. The largest absolute Gasteiger partial charge is 0.484 e. The fourth-order valence-corrected chi connectivity index (χ4v) is 2.32. The topological polar surface area (TPSA) is 96.5 Å². The Morgan fingerprint density at radius 3 is 2.11 bits per heavy atom. The molecule has 7 heteroatoms. The van der Waals surface area contributed by atoms with Gasteiger partial charge in [-0.25, -0.2) is 0 Å². The molecule has 0 spiro atoms. The molecule has 7 nitrogen and oxygen atoms in total. The highest BCUT2D eigenvalue weighted by Crippen LogP contribution is 2.12. The highest BCUT2D eigenvalue weighted by molar-refractivity contribution is 5.86. The van der Waals surface area contributed by atoms with E-state index in [0.29, 0.717) is 12.3 Å². The van der Waals surface area contributed by atoms with E-state index in [4.69, 9.17) is 4.74 Å². The van der Waals surface area contributed by atoms with Crippen molar-refractivity contribution in [3.8, 4) is 5.75 Å². The van der Waals surface area contributed by atoms with Crippen LogP contribution in [0.3, 0.4) is 0 Å². The van der Waals surface area contributed by atoms with Gasteiger partial charge in [-0.1, -0.05) is 49.4 Å². The van der Waals surface area contributed by atoms with Crippen molar-refractivity contribution < 1.29 is 19.1 Å². The summed E-state index contributed by atoms with van der Waals surface area (Å²) in [5.74, 6) is -0.588. The fourth-order valence-electron chi connectivity index (χ4n) is 2.32. The predicted octanol–water partition coefficient (Wildman–Crippen LogP) is 1.87. The average Bonchev–Trinajstić information content (AvgIpc) is 2.74. The van der Waals surface area contributed by atoms with Crippen molar-refractivity contribution in [2.75, 3.05) is 6.61 Å². The maximum absolute atomic E-state index is 11.8. The van der Waals surface area contributed by atoms with Crippen LogP contribution in [-0.4, -0.2) is 24.3 Å². The Labute approximate surface area is 164 Å². The van der Waals surface area contributed by atoms with Crippen LogP contribution in [0, 0.1) is 0 Å². The van der Waals surface area contributed by atoms with Gasteiger partial charge in [-0.3, -0.25) is 25.2 Å². The Kier molecular flexibility index (Phi) is 8.52. The van der Waals surface area contributed by atoms with Gasteiger partial charge in [0.2, 0.25) is 11.8 Å². The third-order valence-corrected chi connectivity index (χ3v) is 3.95. The lowest BCUT2D eigenvalue weighted by Crippen LogP contribution is -2.44. The molecule has 0 atom stereocenters. The molecule has 0 unspecified atom stereocenters. The van der Waals surface area contributed by atoms with Crippen molar-refractivity contribution in [1.29, 1.82) is 0 Å². The second-order valence-electron chi connectivity index (χ2n) is 6.14. The number of amides is 3. The number of hydrazine groups is 1. The predicted molar refractivity (Wildman–Crippen MR) is 105 cm³/mol. The van der Waals surface area contributed by atoms with Crippen LogP contribution in [-0.2, 0) is 27.3 Å². The first-order chi connectivity index (χ1) is 13.6. The van der Waals surface area contributed by atoms with Gasteiger partial charge in [0, 0.05) is 19.4 Å². The molecule has 2 aromatic carbocycles. The molecule has 0 radical (unpaired) electrons. The van der Waals surface area contributed by atoms with Crippen LogP contribution in [0.4, 0.5) is 0 Å². The summed E-state index contributed by atoms with van der Waals surface area (Å²) in [6, 6.07) is 16.9. The van der Waals surface area contributed by atoms with E-state index in [9.17, 15) is 14.4 Å². The molecule has 2 aromatic rings. The van der Waals surface area contributed by atoms with E-state index >= 15 is 0 Å². The zero-order valence-electron chi connectivity index (χ0n) is 15.9. The van der Waals surface area contributed by atoms with Crippen LogP contribution in [0.25, 0.3) is 0 Å². The summed E-state index contributed by atoms with van der Waals surface area (Å²) >= 11 is 0. The standard InChI is InChI=1S/C21H25N3O4/c1-2-16-8-10-18(11-9-16)28-15-21(27)24-23-20(26)13-12-19(25)22-14-17-6-4-3-5-7-17/h3-11H,2,12-15H2,1H3,(H,22,25)(H,23,26)(H,24,27). The van der Waals surface area contributed by atoms with Crippen molar-refractivity contribution in [3.63, 3.8) is 0 Å². The van der Waals surface area contributed by atoms with Gasteiger partial charge in [-0.2, -0.15) is 0 Å². The Hall–Kier alpha value is -3.35. The SMILES string of the molecule is CCc1ccc(OCC(=O)NNC(=O)CCC(=O)NCc2ccccc2)cc1. The van der Waals surface area contributed by atoms with Crippen molar-refractivity contribution in [2.45, 2.75) is 32.7 Å². The number of carbonyl (C=O) groups is 3. The fraction of sp³-hybridized carbons (Fsp3) is 0.286. The second kappa shape index (κ2) is 11.4. The smallest absolute Gasteiger partial charge is 0.276 e. The van der Waals surface area contributed by atoms with Crippen LogP contribution >= 0.6 is 0 Å². The first-order valence-electron chi connectivity index (χ1n) is 9.17. The van der Waals surface area contributed by atoms with Crippen molar-refractivity contribution >= 4 is 17.7 Å². The summed E-state index contributed by atoms with van der Waals surface area (Å²) in [4.78, 5) is 35.2. The zero-order valence-corrected chi connectivity index (χ0v) is 15.9. The molecule has 2 rings (SSSR count). The molecular formula is C21H25N3O4. The van der Waals surface area contributed by atoms with E-state index in [1.165, 1.54) is 5.56 Å². The maximum atomic E-state index is 11.8. The summed E-state index contributed by atoms with van der Waals surface area (Å²) in [6.45, 7) is 2.25. The molecule has 0 aliphatic carbocycles. The first-order valence-corrected chi connectivity index (χ1v) is 9.17. The van der Waals surface area contributed by atoms with E-state index in [1.54, 1.807) is 12.1 Å². The summed E-state index contributed by atoms with van der Waals surface area (Å²) in [7, 11) is 0. The summed E-state index contributed by atoms with van der Waals surface area (Å²) < 4.78 is 5.34. The Morgan fingerprint density at radius 1 is 0.786 bits per heavy atom. The molecule has 0 heterocycles. The van der Waals surface area contributed by atoms with Crippen molar-refractivity contribution in [1.82, 2.24) is 16.2 Å². The number of aryl methyl sites for hydroxylation is 1. The molecule has 3 amide bonds. The second-order valence-corrected chi connectivity index (χ2v) is 6.14. The molecular weight excluding hydrogens is 358 g/mol. The third kappa shape index (κ3) is 7.90. The molecule has 0 fully saturated rings. The van der Waals surface area contributed by atoms with Crippen molar-refractivity contribution in [3.05, 3.63) is 65.7 Å². The molecule has 0 bridgehead atoms. The number of nitrogens with one attached hydrogen (secondary N) is 3. The van der Waals surface area contributed by atoms with E-state index in [0.717, 1.165) is 12.0 Å². The number of hydrogen-bond donors (Lipinski definition) is 3. The quantitative estimate of drug-likeness (QED) is 0.576. The molecule has 0 aromatic heterocycles. The van der Waals surface area contributed by atoms with Crippen molar-refractivity contribution in [2.24, 2.45) is 0 Å². The van der Waals surface area contributed by atoms with Gasteiger partial charge < -0.3 is 10.1 Å². The minimum atomic E-state index is -0.485. The summed E-state index contributed by atoms with van der Waals surface area (Å²) in [6.07, 6.45) is 0.937. The Morgan fingerprint density at radius 2 is 1.43 bits per heavy atom. The van der Waals surface area contributed by atoms with Gasteiger partial charge >= 0.3 is 0 Å². The Bertz CT molecular complexity index is 776. The summed E-state index contributed by atoms with van der Waals surface area (Å²) in [5.41, 5.74) is 6.69. The Balaban J connectivity index is 1.58. The minimum absolute atomic E-state index is 0.0275. The molecule has 0 aliphatic heterocycles. The van der Waals surface area contributed by atoms with Crippen LogP contribution in [0.5, 0.6) is 5.75 Å². The maximum Gasteiger partial charge on any atom is 0.276 e. The number of benzene rings is 2. The molecule has 3 N–H and O–H groups in total. The van der Waals surface area contributed by atoms with Crippen LogP contribution < -0.4 is 20.9 Å². The lowest BCUT2D eigenvalue weighted by Gasteiger charge is -2.09. The van der Waals surface area contributed by atoms with Gasteiger partial charge in [-0.05, 0) is 29.7 Å². The van der Waals surface area contributed by atoms with E-state index in [-0.39, 0.29) is 25.4 Å². The molecule has 0 aliphatic rings. The summed E-state index contributed by atoms with van der Waals surface area (Å²) in [5, 5.41) is 2.74. The molecule has 0 saturated carbocycles. The van der Waals surface area contributed by atoms with E-state index in [2.05, 4.69) is 23.1 Å². The van der Waals surface area contributed by atoms with E-state index < -0.39 is 11.8 Å². The number of ether oxygens (including phenoxy) is 1. The van der Waals surface area contributed by atoms with Crippen LogP contribution in [0.1, 0.15) is 30.9 Å². The minimum Gasteiger partial charge on any atom is -0.484 e. The van der Waals surface area contributed by atoms with Gasteiger partial charge in [-0.15, -0.1) is 0 Å². The highest BCUT2D eigenvalue weighted by atomic mass is 16.5. The van der Waals surface area contributed by atoms with E-state index in [1.807, 2.05) is 42.5 Å². The van der Waals surface area contributed by atoms with Gasteiger partial charge in [0.25, 0.3) is 5.91 Å². The monoisotopic (exact) mass is 383 g/mol. The highest BCUT2D eigenvalue weighted by Gasteiger charge is 2.09. The molecule has 28 heavy (non-hydrogen) atoms.